The number of rotatable bonds is 5. The van der Waals surface area contributed by atoms with Crippen molar-refractivity contribution in [3.63, 3.8) is 0 Å². The number of hydrogen-bond donors (Lipinski definition) is 0. The summed E-state index contributed by atoms with van der Waals surface area (Å²) in [5, 5.41) is 11.6. The van der Waals surface area contributed by atoms with Gasteiger partial charge in [0.2, 0.25) is 0 Å². The first-order valence-corrected chi connectivity index (χ1v) is 10.8. The smallest absolute Gasteiger partial charge is 0.269 e. The molecule has 2 aromatic heterocycles. The zero-order valence-electron chi connectivity index (χ0n) is 16.5. The maximum absolute atomic E-state index is 13.7. The summed E-state index contributed by atoms with van der Waals surface area (Å²) in [7, 11) is 0. The molecule has 8 heteroatoms. The number of nitro groups is 1. The van der Waals surface area contributed by atoms with Crippen molar-refractivity contribution in [2.75, 3.05) is 0 Å². The molecule has 0 fully saturated rings. The highest BCUT2D eigenvalue weighted by molar-refractivity contribution is 7.18. The molecule has 156 valence electrons. The molecule has 2 heterocycles. The van der Waals surface area contributed by atoms with Crippen LogP contribution in [-0.4, -0.2) is 14.5 Å². The molecule has 31 heavy (non-hydrogen) atoms. The fraction of sp³-hybridized carbons (Fsp3) is 0.217. The van der Waals surface area contributed by atoms with Crippen LogP contribution in [0.4, 0.5) is 10.1 Å². The molecule has 1 aliphatic rings. The lowest BCUT2D eigenvalue weighted by molar-refractivity contribution is -0.384. The highest BCUT2D eigenvalue weighted by Crippen LogP contribution is 2.35. The topological polar surface area (TPSA) is 78.0 Å². The Balaban J connectivity index is 1.63. The normalized spacial score (nSPS) is 12.9. The molecule has 0 aliphatic heterocycles. The van der Waals surface area contributed by atoms with Crippen LogP contribution >= 0.6 is 11.3 Å². The van der Waals surface area contributed by atoms with E-state index < -0.39 is 4.92 Å². The third-order valence-corrected chi connectivity index (χ3v) is 6.83. The van der Waals surface area contributed by atoms with E-state index in [9.17, 15) is 19.3 Å². The van der Waals surface area contributed by atoms with Gasteiger partial charge in [0.15, 0.2) is 0 Å². The van der Waals surface area contributed by atoms with E-state index in [0.717, 1.165) is 35.2 Å². The fourth-order valence-electron chi connectivity index (χ4n) is 4.15. The van der Waals surface area contributed by atoms with Crippen LogP contribution in [-0.2, 0) is 25.8 Å². The third kappa shape index (κ3) is 3.63. The number of halogens is 1. The Morgan fingerprint density at radius 2 is 1.94 bits per heavy atom. The van der Waals surface area contributed by atoms with E-state index in [1.54, 1.807) is 40.2 Å². The molecule has 0 spiro atoms. The van der Waals surface area contributed by atoms with Gasteiger partial charge in [0, 0.05) is 23.4 Å². The number of aryl methyl sites for hydroxylation is 2. The van der Waals surface area contributed by atoms with Crippen LogP contribution in [0.3, 0.4) is 0 Å². The van der Waals surface area contributed by atoms with Crippen molar-refractivity contribution in [1.82, 2.24) is 9.55 Å². The van der Waals surface area contributed by atoms with E-state index >= 15 is 0 Å². The summed E-state index contributed by atoms with van der Waals surface area (Å²) in [6.07, 6.45) is 3.25. The number of nitro benzene ring substituents is 1. The second-order valence-corrected chi connectivity index (χ2v) is 8.77. The SMILES string of the molecule is O=c1c2c3c(sc2nc(Cc2ccc([N+](=O)[O-])cc2)n1Cc1cccc(F)c1)CCC3. The summed E-state index contributed by atoms with van der Waals surface area (Å²) >= 11 is 1.58. The van der Waals surface area contributed by atoms with Crippen molar-refractivity contribution in [3.8, 4) is 0 Å². The van der Waals surface area contributed by atoms with E-state index in [4.69, 9.17) is 4.98 Å². The van der Waals surface area contributed by atoms with Crippen molar-refractivity contribution in [2.45, 2.75) is 32.2 Å². The molecule has 5 rings (SSSR count). The summed E-state index contributed by atoms with van der Waals surface area (Å²) in [5.41, 5.74) is 2.51. The number of hydrogen-bond acceptors (Lipinski definition) is 5. The minimum atomic E-state index is -0.443. The van der Waals surface area contributed by atoms with Gasteiger partial charge in [0.25, 0.3) is 11.2 Å². The number of fused-ring (bicyclic) bond motifs is 3. The van der Waals surface area contributed by atoms with Gasteiger partial charge < -0.3 is 0 Å². The molecule has 1 aliphatic carbocycles. The fourth-order valence-corrected chi connectivity index (χ4v) is 5.42. The summed E-state index contributed by atoms with van der Waals surface area (Å²) in [6, 6.07) is 12.4. The number of thiophene rings is 1. The van der Waals surface area contributed by atoms with Crippen LogP contribution in [0, 0.1) is 15.9 Å². The third-order valence-electron chi connectivity index (χ3n) is 5.64. The van der Waals surface area contributed by atoms with Gasteiger partial charge in [-0.2, -0.15) is 0 Å². The summed E-state index contributed by atoms with van der Waals surface area (Å²) in [5.74, 6) is 0.212. The van der Waals surface area contributed by atoms with Crippen molar-refractivity contribution < 1.29 is 9.31 Å². The largest absolute Gasteiger partial charge is 0.291 e. The van der Waals surface area contributed by atoms with E-state index in [2.05, 4.69) is 0 Å². The van der Waals surface area contributed by atoms with Gasteiger partial charge in [-0.05, 0) is 48.1 Å². The van der Waals surface area contributed by atoms with Gasteiger partial charge in [-0.25, -0.2) is 9.37 Å². The second kappa shape index (κ2) is 7.70. The Morgan fingerprint density at radius 3 is 2.68 bits per heavy atom. The molecule has 0 N–H and O–H groups in total. The number of aromatic nitrogens is 2. The molecule has 0 amide bonds. The molecule has 4 aromatic rings. The van der Waals surface area contributed by atoms with Crippen LogP contribution < -0.4 is 5.56 Å². The first-order valence-electron chi connectivity index (χ1n) is 10.0. The second-order valence-electron chi connectivity index (χ2n) is 7.69. The van der Waals surface area contributed by atoms with Crippen LogP contribution in [0.1, 0.15) is 33.8 Å². The Bertz CT molecular complexity index is 1380. The van der Waals surface area contributed by atoms with E-state index in [0.29, 0.717) is 23.2 Å². The molecular formula is C23H18FN3O3S. The number of non-ortho nitro benzene ring substituents is 1. The lowest BCUT2D eigenvalue weighted by Crippen LogP contribution is -2.26. The predicted octanol–water partition coefficient (Wildman–Crippen LogP) is 4.63. The Morgan fingerprint density at radius 1 is 1.13 bits per heavy atom. The predicted molar refractivity (Wildman–Crippen MR) is 117 cm³/mol. The van der Waals surface area contributed by atoms with E-state index in [1.165, 1.54) is 29.1 Å². The summed E-state index contributed by atoms with van der Waals surface area (Å²) in [6.45, 7) is 0.215. The van der Waals surface area contributed by atoms with Gasteiger partial charge in [-0.15, -0.1) is 11.3 Å². The molecule has 2 aromatic carbocycles. The first-order chi connectivity index (χ1) is 15.0. The average Bonchev–Trinajstić information content (AvgIpc) is 3.32. The van der Waals surface area contributed by atoms with E-state index in [1.807, 2.05) is 0 Å². The molecule has 0 unspecified atom stereocenters. The first kappa shape index (κ1) is 19.6. The van der Waals surface area contributed by atoms with Crippen LogP contribution in [0.15, 0.2) is 53.3 Å². The van der Waals surface area contributed by atoms with Crippen molar-refractivity contribution in [2.24, 2.45) is 0 Å². The monoisotopic (exact) mass is 435 g/mol. The minimum Gasteiger partial charge on any atom is -0.291 e. The van der Waals surface area contributed by atoms with Crippen LogP contribution in [0.5, 0.6) is 0 Å². The standard InChI is InChI=1S/C23H18FN3O3S/c24-16-4-1-3-15(11-16)13-26-20(12-14-7-9-17(10-8-14)27(29)30)25-22-21(23(26)28)18-5-2-6-19(18)31-22/h1,3-4,7-11H,2,5-6,12-13H2. The zero-order chi connectivity index (χ0) is 21.5. The van der Waals surface area contributed by atoms with Crippen molar-refractivity contribution in [1.29, 1.82) is 0 Å². The quantitative estimate of drug-likeness (QED) is 0.338. The highest BCUT2D eigenvalue weighted by atomic mass is 32.1. The van der Waals surface area contributed by atoms with Gasteiger partial charge in [0.1, 0.15) is 16.5 Å². The molecule has 0 atom stereocenters. The molecule has 0 saturated carbocycles. The lowest BCUT2D eigenvalue weighted by atomic mass is 10.1. The van der Waals surface area contributed by atoms with Crippen molar-refractivity contribution >= 4 is 27.2 Å². The Hall–Kier alpha value is -3.39. The number of benzene rings is 2. The number of nitrogens with zero attached hydrogens (tertiary/aromatic N) is 3. The van der Waals surface area contributed by atoms with Crippen LogP contribution in [0.2, 0.25) is 0 Å². The Labute approximate surface area is 180 Å². The van der Waals surface area contributed by atoms with Gasteiger partial charge in [-0.1, -0.05) is 24.3 Å². The van der Waals surface area contributed by atoms with Crippen molar-refractivity contribution in [3.05, 3.63) is 102 Å². The molecule has 0 radical (unpaired) electrons. The van der Waals surface area contributed by atoms with Crippen LogP contribution in [0.25, 0.3) is 10.2 Å². The van der Waals surface area contributed by atoms with Gasteiger partial charge in [-0.3, -0.25) is 19.5 Å². The minimum absolute atomic E-state index is 0.0130. The highest BCUT2D eigenvalue weighted by Gasteiger charge is 2.23. The lowest BCUT2D eigenvalue weighted by Gasteiger charge is -2.13. The summed E-state index contributed by atoms with van der Waals surface area (Å²) < 4.78 is 15.4. The zero-order valence-corrected chi connectivity index (χ0v) is 17.3. The van der Waals surface area contributed by atoms with Gasteiger partial charge >= 0.3 is 0 Å². The molecular weight excluding hydrogens is 417 g/mol. The average molecular weight is 435 g/mol. The maximum Gasteiger partial charge on any atom is 0.269 e. The summed E-state index contributed by atoms with van der Waals surface area (Å²) in [4.78, 5) is 30.8. The van der Waals surface area contributed by atoms with Gasteiger partial charge in [0.05, 0.1) is 16.9 Å². The molecule has 0 saturated heterocycles. The Kier molecular flexibility index (Phi) is 4.86. The van der Waals surface area contributed by atoms with E-state index in [-0.39, 0.29) is 23.6 Å². The maximum atomic E-state index is 13.7. The molecule has 0 bridgehead atoms. The molecule has 6 nitrogen and oxygen atoms in total.